The van der Waals surface area contributed by atoms with Gasteiger partial charge in [0.2, 0.25) is 0 Å². The van der Waals surface area contributed by atoms with E-state index in [1.54, 1.807) is 0 Å². The molecule has 0 radical (unpaired) electrons. The van der Waals surface area contributed by atoms with Crippen LogP contribution in [0.25, 0.3) is 0 Å². The Labute approximate surface area is 94.2 Å². The lowest BCUT2D eigenvalue weighted by atomic mass is 10.1. The first-order valence-electron chi connectivity index (χ1n) is 5.12. The summed E-state index contributed by atoms with van der Waals surface area (Å²) in [7, 11) is 2.22. The van der Waals surface area contributed by atoms with Crippen LogP contribution in [0.1, 0.15) is 24.0 Å². The van der Waals surface area contributed by atoms with Crippen molar-refractivity contribution in [1.29, 1.82) is 0 Å². The van der Waals surface area contributed by atoms with Crippen LogP contribution in [0.3, 0.4) is 0 Å². The van der Waals surface area contributed by atoms with Gasteiger partial charge in [-0.05, 0) is 50.1 Å². The van der Waals surface area contributed by atoms with Crippen LogP contribution in [0.2, 0.25) is 0 Å². The highest BCUT2D eigenvalue weighted by molar-refractivity contribution is 9.10. The van der Waals surface area contributed by atoms with Gasteiger partial charge in [-0.2, -0.15) is 0 Å². The fourth-order valence-corrected chi connectivity index (χ4v) is 2.13. The molecule has 0 spiro atoms. The summed E-state index contributed by atoms with van der Waals surface area (Å²) in [4.78, 5) is 2.45. The molecule has 1 fully saturated rings. The van der Waals surface area contributed by atoms with Crippen molar-refractivity contribution in [3.05, 3.63) is 33.8 Å². The highest BCUT2D eigenvalue weighted by Crippen LogP contribution is 2.27. The van der Waals surface area contributed by atoms with E-state index >= 15 is 0 Å². The zero-order valence-corrected chi connectivity index (χ0v) is 10.3. The van der Waals surface area contributed by atoms with Crippen molar-refractivity contribution in [1.82, 2.24) is 4.90 Å². The molecule has 0 saturated heterocycles. The second kappa shape index (κ2) is 4.03. The van der Waals surface area contributed by atoms with E-state index in [9.17, 15) is 0 Å². The Morgan fingerprint density at radius 1 is 1.43 bits per heavy atom. The third-order valence-electron chi connectivity index (χ3n) is 2.90. The third-order valence-corrected chi connectivity index (χ3v) is 3.39. The first-order valence-corrected chi connectivity index (χ1v) is 5.91. The summed E-state index contributed by atoms with van der Waals surface area (Å²) >= 11 is 3.52. The molecule has 1 aromatic carbocycles. The normalized spacial score (nSPS) is 16.3. The molecule has 76 valence electrons. The van der Waals surface area contributed by atoms with E-state index in [1.165, 1.54) is 28.4 Å². The maximum absolute atomic E-state index is 3.52. The SMILES string of the molecule is Cc1ccc(Br)cc1CN(C)C1CC1. The maximum atomic E-state index is 3.52. The number of benzene rings is 1. The predicted octanol–water partition coefficient (Wildman–Crippen LogP) is 3.35. The molecule has 0 amide bonds. The molecular formula is C12H16BrN. The standard InChI is InChI=1S/C12H16BrN/c1-9-3-4-11(13)7-10(9)8-14(2)12-5-6-12/h3-4,7,12H,5-6,8H2,1-2H3. The number of hydrogen-bond donors (Lipinski definition) is 0. The molecule has 1 aromatic rings. The van der Waals surface area contributed by atoms with Gasteiger partial charge in [-0.25, -0.2) is 0 Å². The van der Waals surface area contributed by atoms with Crippen molar-refractivity contribution < 1.29 is 0 Å². The number of hydrogen-bond acceptors (Lipinski definition) is 1. The van der Waals surface area contributed by atoms with Gasteiger partial charge >= 0.3 is 0 Å². The number of aryl methyl sites for hydroxylation is 1. The van der Waals surface area contributed by atoms with Crippen LogP contribution in [0, 0.1) is 6.92 Å². The smallest absolute Gasteiger partial charge is 0.0236 e. The molecule has 0 atom stereocenters. The largest absolute Gasteiger partial charge is 0.299 e. The van der Waals surface area contributed by atoms with Crippen LogP contribution >= 0.6 is 15.9 Å². The molecule has 14 heavy (non-hydrogen) atoms. The molecule has 0 aromatic heterocycles. The van der Waals surface area contributed by atoms with E-state index in [1.807, 2.05) is 0 Å². The Hall–Kier alpha value is -0.340. The van der Waals surface area contributed by atoms with Crippen LogP contribution in [0.4, 0.5) is 0 Å². The second-order valence-electron chi connectivity index (χ2n) is 4.22. The van der Waals surface area contributed by atoms with Crippen LogP contribution in [-0.2, 0) is 6.54 Å². The van der Waals surface area contributed by atoms with Crippen molar-refractivity contribution in [3.63, 3.8) is 0 Å². The van der Waals surface area contributed by atoms with E-state index in [0.29, 0.717) is 0 Å². The van der Waals surface area contributed by atoms with Crippen molar-refractivity contribution in [2.24, 2.45) is 0 Å². The number of rotatable bonds is 3. The second-order valence-corrected chi connectivity index (χ2v) is 5.13. The average Bonchev–Trinajstić information content (AvgIpc) is 2.94. The Balaban J connectivity index is 2.10. The van der Waals surface area contributed by atoms with Gasteiger partial charge in [0.1, 0.15) is 0 Å². The van der Waals surface area contributed by atoms with Gasteiger partial charge in [-0.15, -0.1) is 0 Å². The summed E-state index contributed by atoms with van der Waals surface area (Å²) in [6.45, 7) is 3.26. The first-order chi connectivity index (χ1) is 6.66. The van der Waals surface area contributed by atoms with Crippen molar-refractivity contribution >= 4 is 15.9 Å². The highest BCUT2D eigenvalue weighted by Gasteiger charge is 2.26. The summed E-state index contributed by atoms with van der Waals surface area (Å²) in [6, 6.07) is 7.36. The summed E-state index contributed by atoms with van der Waals surface area (Å²) in [5.41, 5.74) is 2.83. The van der Waals surface area contributed by atoms with Crippen LogP contribution < -0.4 is 0 Å². The van der Waals surface area contributed by atoms with Crippen LogP contribution in [0.15, 0.2) is 22.7 Å². The molecule has 1 aliphatic rings. The molecule has 1 aliphatic carbocycles. The molecule has 0 heterocycles. The molecule has 0 bridgehead atoms. The predicted molar refractivity (Wildman–Crippen MR) is 63.4 cm³/mol. The molecule has 2 heteroatoms. The van der Waals surface area contributed by atoms with Crippen molar-refractivity contribution in [2.45, 2.75) is 32.4 Å². The fraction of sp³-hybridized carbons (Fsp3) is 0.500. The zero-order valence-electron chi connectivity index (χ0n) is 8.76. The molecule has 0 N–H and O–H groups in total. The Bertz CT molecular complexity index is 331. The summed E-state index contributed by atoms with van der Waals surface area (Å²) in [5.74, 6) is 0. The molecule has 0 aliphatic heterocycles. The first kappa shape index (κ1) is 10.2. The maximum Gasteiger partial charge on any atom is 0.0236 e. The lowest BCUT2D eigenvalue weighted by molar-refractivity contribution is 0.316. The van der Waals surface area contributed by atoms with Gasteiger partial charge < -0.3 is 0 Å². The van der Waals surface area contributed by atoms with Crippen LogP contribution in [-0.4, -0.2) is 18.0 Å². The fourth-order valence-electron chi connectivity index (χ4n) is 1.72. The number of nitrogens with zero attached hydrogens (tertiary/aromatic N) is 1. The minimum atomic E-state index is 0.841. The summed E-state index contributed by atoms with van der Waals surface area (Å²) in [5, 5.41) is 0. The van der Waals surface area contributed by atoms with Gasteiger partial charge in [0, 0.05) is 17.1 Å². The van der Waals surface area contributed by atoms with E-state index in [0.717, 1.165) is 12.6 Å². The Morgan fingerprint density at radius 3 is 2.79 bits per heavy atom. The van der Waals surface area contributed by atoms with E-state index in [4.69, 9.17) is 0 Å². The van der Waals surface area contributed by atoms with E-state index in [2.05, 4.69) is 53.0 Å². The molecule has 1 saturated carbocycles. The quantitative estimate of drug-likeness (QED) is 0.799. The molecule has 1 nitrogen and oxygen atoms in total. The third kappa shape index (κ3) is 2.37. The lowest BCUT2D eigenvalue weighted by Crippen LogP contribution is -2.20. The minimum Gasteiger partial charge on any atom is -0.299 e. The van der Waals surface area contributed by atoms with Crippen molar-refractivity contribution in [2.75, 3.05) is 7.05 Å². The van der Waals surface area contributed by atoms with Gasteiger partial charge in [0.25, 0.3) is 0 Å². The molecular weight excluding hydrogens is 238 g/mol. The molecule has 0 unspecified atom stereocenters. The summed E-state index contributed by atoms with van der Waals surface area (Å²) in [6.07, 6.45) is 2.76. The van der Waals surface area contributed by atoms with Crippen molar-refractivity contribution in [3.8, 4) is 0 Å². The van der Waals surface area contributed by atoms with Gasteiger partial charge in [-0.1, -0.05) is 22.0 Å². The minimum absolute atomic E-state index is 0.841. The van der Waals surface area contributed by atoms with Gasteiger partial charge in [0.05, 0.1) is 0 Å². The van der Waals surface area contributed by atoms with E-state index in [-0.39, 0.29) is 0 Å². The number of halogens is 1. The van der Waals surface area contributed by atoms with Crippen LogP contribution in [0.5, 0.6) is 0 Å². The van der Waals surface area contributed by atoms with E-state index < -0.39 is 0 Å². The van der Waals surface area contributed by atoms with Gasteiger partial charge in [0.15, 0.2) is 0 Å². The Kier molecular flexibility index (Phi) is 2.93. The topological polar surface area (TPSA) is 3.24 Å². The zero-order chi connectivity index (χ0) is 10.1. The monoisotopic (exact) mass is 253 g/mol. The summed E-state index contributed by atoms with van der Waals surface area (Å²) < 4.78 is 1.18. The molecule has 2 rings (SSSR count). The Morgan fingerprint density at radius 2 is 2.14 bits per heavy atom. The lowest BCUT2D eigenvalue weighted by Gasteiger charge is -2.17. The average molecular weight is 254 g/mol. The highest BCUT2D eigenvalue weighted by atomic mass is 79.9. The van der Waals surface area contributed by atoms with Gasteiger partial charge in [-0.3, -0.25) is 4.90 Å².